The minimum absolute atomic E-state index is 0.160. The molecule has 0 heterocycles. The van der Waals surface area contributed by atoms with Crippen LogP contribution in [-0.4, -0.2) is 7.11 Å². The molecule has 0 saturated carbocycles. The van der Waals surface area contributed by atoms with E-state index in [-0.39, 0.29) is 5.92 Å². The van der Waals surface area contributed by atoms with Crippen molar-refractivity contribution in [3.05, 3.63) is 77.4 Å². The van der Waals surface area contributed by atoms with Gasteiger partial charge >= 0.3 is 0 Å². The zero-order chi connectivity index (χ0) is 16.9. The Balaban J connectivity index is 1.96. The van der Waals surface area contributed by atoms with Gasteiger partial charge < -0.3 is 4.74 Å². The predicted octanol–water partition coefficient (Wildman–Crippen LogP) is 5.26. The van der Waals surface area contributed by atoms with Crippen LogP contribution < -0.4 is 4.74 Å². The normalized spacial score (nSPS) is 11.9. The maximum absolute atomic E-state index is 9.72. The van der Waals surface area contributed by atoms with Crippen LogP contribution in [0.1, 0.15) is 29.5 Å². The van der Waals surface area contributed by atoms with E-state index in [9.17, 15) is 5.26 Å². The topological polar surface area (TPSA) is 33.0 Å². The molecule has 0 aromatic heterocycles. The van der Waals surface area contributed by atoms with Crippen molar-refractivity contribution in [2.45, 2.75) is 25.7 Å². The second-order valence-corrected chi connectivity index (χ2v) is 5.95. The van der Waals surface area contributed by atoms with Gasteiger partial charge in [-0.2, -0.15) is 5.26 Å². The molecule has 2 nitrogen and oxygen atoms in total. The average molecular weight is 315 g/mol. The molecule has 0 aliphatic carbocycles. The van der Waals surface area contributed by atoms with Crippen LogP contribution in [0.4, 0.5) is 0 Å². The first-order valence-electron chi connectivity index (χ1n) is 8.30. The minimum Gasteiger partial charge on any atom is -0.496 e. The Morgan fingerprint density at radius 2 is 1.79 bits per heavy atom. The van der Waals surface area contributed by atoms with Crippen LogP contribution in [0.15, 0.2) is 60.7 Å². The molecule has 0 saturated heterocycles. The molecule has 24 heavy (non-hydrogen) atoms. The largest absolute Gasteiger partial charge is 0.496 e. The summed E-state index contributed by atoms with van der Waals surface area (Å²) < 4.78 is 5.40. The van der Waals surface area contributed by atoms with Gasteiger partial charge in [0.05, 0.1) is 19.1 Å². The van der Waals surface area contributed by atoms with Crippen molar-refractivity contribution in [3.63, 3.8) is 0 Å². The molecule has 3 aromatic rings. The van der Waals surface area contributed by atoms with Crippen LogP contribution in [0.2, 0.25) is 0 Å². The molecule has 0 amide bonds. The maximum Gasteiger partial charge on any atom is 0.122 e. The van der Waals surface area contributed by atoms with E-state index in [1.54, 1.807) is 7.11 Å². The lowest BCUT2D eigenvalue weighted by Gasteiger charge is -2.14. The van der Waals surface area contributed by atoms with Crippen LogP contribution in [0, 0.1) is 11.3 Å². The third-order valence-corrected chi connectivity index (χ3v) is 4.55. The second kappa shape index (κ2) is 7.19. The Kier molecular flexibility index (Phi) is 4.82. The van der Waals surface area contributed by atoms with E-state index in [1.807, 2.05) is 18.2 Å². The molecule has 0 fully saturated rings. The quantitative estimate of drug-likeness (QED) is 0.643. The summed E-state index contributed by atoms with van der Waals surface area (Å²) in [6.07, 6.45) is 1.61. The van der Waals surface area contributed by atoms with Crippen molar-refractivity contribution >= 4 is 10.8 Å². The number of aryl methyl sites for hydroxylation is 1. The molecule has 0 spiro atoms. The summed E-state index contributed by atoms with van der Waals surface area (Å²) >= 11 is 0. The van der Waals surface area contributed by atoms with Crippen molar-refractivity contribution < 1.29 is 4.74 Å². The summed E-state index contributed by atoms with van der Waals surface area (Å²) in [5.74, 6) is 0.732. The van der Waals surface area contributed by atoms with Crippen molar-refractivity contribution in [3.8, 4) is 11.8 Å². The lowest BCUT2D eigenvalue weighted by atomic mass is 9.89. The minimum atomic E-state index is -0.160. The number of hydrogen-bond donors (Lipinski definition) is 0. The van der Waals surface area contributed by atoms with E-state index < -0.39 is 0 Å². The number of nitrogens with zero attached hydrogens (tertiary/aromatic N) is 1. The summed E-state index contributed by atoms with van der Waals surface area (Å²) in [4.78, 5) is 0. The van der Waals surface area contributed by atoms with E-state index in [0.717, 1.165) is 23.3 Å². The third kappa shape index (κ3) is 3.12. The zero-order valence-electron chi connectivity index (χ0n) is 14.1. The molecule has 2 heteroatoms. The fourth-order valence-corrected chi connectivity index (χ4v) is 3.22. The third-order valence-electron chi connectivity index (χ3n) is 4.55. The summed E-state index contributed by atoms with van der Waals surface area (Å²) in [6.45, 7) is 2.10. The van der Waals surface area contributed by atoms with E-state index in [4.69, 9.17) is 4.74 Å². The summed E-state index contributed by atoms with van der Waals surface area (Å²) in [5.41, 5.74) is 3.42. The zero-order valence-corrected chi connectivity index (χ0v) is 14.1. The standard InChI is InChI=1S/C22H21NO/c1-3-16-13-18(11-12-22(16)24-2)20(15-23)14-19-9-6-8-17-7-4-5-10-21(17)19/h4-13,20H,3,14H2,1-2H3. The van der Waals surface area contributed by atoms with Gasteiger partial charge in [-0.05, 0) is 46.4 Å². The molecule has 0 bridgehead atoms. The van der Waals surface area contributed by atoms with Crippen molar-refractivity contribution in [2.24, 2.45) is 0 Å². The molecule has 120 valence electrons. The average Bonchev–Trinajstić information content (AvgIpc) is 2.65. The molecule has 0 aliphatic heterocycles. The fourth-order valence-electron chi connectivity index (χ4n) is 3.22. The highest BCUT2D eigenvalue weighted by molar-refractivity contribution is 5.85. The monoisotopic (exact) mass is 315 g/mol. The lowest BCUT2D eigenvalue weighted by Crippen LogP contribution is -2.03. The Labute approximate surface area is 143 Å². The van der Waals surface area contributed by atoms with Crippen LogP contribution in [0.5, 0.6) is 5.75 Å². The van der Waals surface area contributed by atoms with Crippen molar-refractivity contribution in [1.29, 1.82) is 5.26 Å². The molecule has 1 unspecified atom stereocenters. The first-order chi connectivity index (χ1) is 11.8. The van der Waals surface area contributed by atoms with Crippen LogP contribution >= 0.6 is 0 Å². The van der Waals surface area contributed by atoms with Gasteiger partial charge in [0.1, 0.15) is 5.75 Å². The first kappa shape index (κ1) is 16.1. The Bertz CT molecular complexity index is 887. The number of rotatable bonds is 5. The Morgan fingerprint density at radius 1 is 1.00 bits per heavy atom. The van der Waals surface area contributed by atoms with E-state index in [0.29, 0.717) is 6.42 Å². The molecule has 3 aromatic carbocycles. The molecule has 0 N–H and O–H groups in total. The van der Waals surface area contributed by atoms with Crippen LogP contribution in [0.3, 0.4) is 0 Å². The summed E-state index contributed by atoms with van der Waals surface area (Å²) in [6, 6.07) is 23.2. The fraction of sp³-hybridized carbons (Fsp3) is 0.227. The number of methoxy groups -OCH3 is 1. The Morgan fingerprint density at radius 3 is 2.54 bits per heavy atom. The van der Waals surface area contributed by atoms with E-state index in [1.165, 1.54) is 16.3 Å². The van der Waals surface area contributed by atoms with E-state index >= 15 is 0 Å². The first-order valence-corrected chi connectivity index (χ1v) is 8.30. The smallest absolute Gasteiger partial charge is 0.122 e. The molecule has 0 aliphatic rings. The van der Waals surface area contributed by atoms with Gasteiger partial charge in [-0.1, -0.05) is 61.5 Å². The number of nitriles is 1. The van der Waals surface area contributed by atoms with E-state index in [2.05, 4.69) is 55.5 Å². The van der Waals surface area contributed by atoms with Gasteiger partial charge in [-0.3, -0.25) is 0 Å². The highest BCUT2D eigenvalue weighted by Gasteiger charge is 2.15. The van der Waals surface area contributed by atoms with Gasteiger partial charge in [-0.15, -0.1) is 0 Å². The van der Waals surface area contributed by atoms with Gasteiger partial charge in [0.15, 0.2) is 0 Å². The maximum atomic E-state index is 9.72. The summed E-state index contributed by atoms with van der Waals surface area (Å²) in [7, 11) is 1.69. The van der Waals surface area contributed by atoms with Gasteiger partial charge in [0.2, 0.25) is 0 Å². The highest BCUT2D eigenvalue weighted by Crippen LogP contribution is 2.29. The molecular formula is C22H21NO. The van der Waals surface area contributed by atoms with Gasteiger partial charge in [0, 0.05) is 0 Å². The number of fused-ring (bicyclic) bond motifs is 1. The van der Waals surface area contributed by atoms with Crippen molar-refractivity contribution in [1.82, 2.24) is 0 Å². The van der Waals surface area contributed by atoms with Crippen LogP contribution in [0.25, 0.3) is 10.8 Å². The van der Waals surface area contributed by atoms with Crippen LogP contribution in [-0.2, 0) is 12.8 Å². The summed E-state index contributed by atoms with van der Waals surface area (Å²) in [5, 5.41) is 12.2. The highest BCUT2D eigenvalue weighted by atomic mass is 16.5. The number of ether oxygens (including phenoxy) is 1. The molecule has 3 rings (SSSR count). The van der Waals surface area contributed by atoms with Gasteiger partial charge in [0.25, 0.3) is 0 Å². The number of hydrogen-bond acceptors (Lipinski definition) is 2. The SMILES string of the molecule is CCc1cc(C(C#N)Cc2cccc3ccccc23)ccc1OC. The lowest BCUT2D eigenvalue weighted by molar-refractivity contribution is 0.410. The molecule has 0 radical (unpaired) electrons. The number of benzene rings is 3. The molecular weight excluding hydrogens is 294 g/mol. The Hall–Kier alpha value is -2.79. The molecule has 1 atom stereocenters. The predicted molar refractivity (Wildman–Crippen MR) is 98.4 cm³/mol. The second-order valence-electron chi connectivity index (χ2n) is 5.95. The van der Waals surface area contributed by atoms with Crippen molar-refractivity contribution in [2.75, 3.05) is 7.11 Å². The van der Waals surface area contributed by atoms with Gasteiger partial charge in [-0.25, -0.2) is 0 Å².